The fourth-order valence-electron chi connectivity index (χ4n) is 6.48. The summed E-state index contributed by atoms with van der Waals surface area (Å²) in [5, 5.41) is 15.2. The van der Waals surface area contributed by atoms with Crippen molar-refractivity contribution in [2.24, 2.45) is 7.05 Å². The first-order valence-corrected chi connectivity index (χ1v) is 14.4. The molecular weight excluding hydrogens is 538 g/mol. The van der Waals surface area contributed by atoms with Crippen LogP contribution in [0, 0.1) is 6.92 Å². The molecule has 0 aliphatic carbocycles. The van der Waals surface area contributed by atoms with Gasteiger partial charge in [0.15, 0.2) is 0 Å². The largest absolute Gasteiger partial charge is 0.505 e. The van der Waals surface area contributed by atoms with Gasteiger partial charge in [-0.3, -0.25) is 9.47 Å². The number of aromatic nitrogens is 4. The van der Waals surface area contributed by atoms with Gasteiger partial charge in [-0.15, -0.1) is 0 Å². The van der Waals surface area contributed by atoms with E-state index in [4.69, 9.17) is 21.6 Å². The second kappa shape index (κ2) is 10.2. The number of hydrogen-bond acceptors (Lipinski definition) is 7. The van der Waals surface area contributed by atoms with E-state index in [1.54, 1.807) is 37.8 Å². The van der Waals surface area contributed by atoms with Gasteiger partial charge in [-0.05, 0) is 63.4 Å². The number of benzene rings is 1. The molecule has 4 aromatic rings. The van der Waals surface area contributed by atoms with Crippen molar-refractivity contribution in [3.8, 4) is 33.8 Å². The normalized spacial score (nSPS) is 18.9. The molecule has 214 valence electrons. The molecule has 9 nitrogen and oxygen atoms in total. The summed E-state index contributed by atoms with van der Waals surface area (Å²) in [6.07, 6.45) is 7.47. The lowest BCUT2D eigenvalue weighted by molar-refractivity contribution is -0.0237. The Morgan fingerprint density at radius 3 is 2.49 bits per heavy atom. The van der Waals surface area contributed by atoms with Crippen LogP contribution in [0.3, 0.4) is 0 Å². The zero-order valence-corrected chi connectivity index (χ0v) is 24.9. The highest BCUT2D eigenvalue weighted by molar-refractivity contribution is 6.32. The number of nitrogens with zero attached hydrogens (tertiary/aromatic N) is 6. The minimum absolute atomic E-state index is 0.0594. The van der Waals surface area contributed by atoms with E-state index in [0.717, 1.165) is 54.4 Å². The second-order valence-corrected chi connectivity index (χ2v) is 11.9. The topological polar surface area (TPSA) is 91.5 Å². The summed E-state index contributed by atoms with van der Waals surface area (Å²) in [6, 6.07) is 9.87. The molecule has 2 aliphatic heterocycles. The van der Waals surface area contributed by atoms with Crippen LogP contribution in [0.4, 0.5) is 11.5 Å². The molecule has 10 heteroatoms. The maximum Gasteiger partial charge on any atom is 0.332 e. The molecule has 5 heterocycles. The van der Waals surface area contributed by atoms with Crippen molar-refractivity contribution in [2.75, 3.05) is 36.9 Å². The van der Waals surface area contributed by atoms with Crippen LogP contribution in [-0.2, 0) is 7.05 Å². The molecule has 6 rings (SSSR count). The monoisotopic (exact) mass is 573 g/mol. The van der Waals surface area contributed by atoms with Crippen molar-refractivity contribution in [3.05, 3.63) is 70.1 Å². The maximum absolute atomic E-state index is 12.4. The zero-order valence-electron chi connectivity index (χ0n) is 24.1. The fraction of sp³-hybridized carbons (Fsp3) is 0.387. The number of aromatic hydroxyl groups is 1. The number of halogens is 1. The van der Waals surface area contributed by atoms with Gasteiger partial charge in [0, 0.05) is 80.7 Å². The van der Waals surface area contributed by atoms with Crippen molar-refractivity contribution >= 4 is 23.1 Å². The van der Waals surface area contributed by atoms with Gasteiger partial charge in [0.2, 0.25) is 0 Å². The van der Waals surface area contributed by atoms with Crippen molar-refractivity contribution in [3.63, 3.8) is 0 Å². The molecule has 2 aliphatic rings. The van der Waals surface area contributed by atoms with Crippen LogP contribution < -0.4 is 15.9 Å². The molecular formula is C31H36ClN7O2. The van der Waals surface area contributed by atoms with Crippen LogP contribution in [0.5, 0.6) is 5.75 Å². The predicted octanol–water partition coefficient (Wildman–Crippen LogP) is 5.07. The number of nitrogens with one attached hydrogen (secondary N) is 1. The second-order valence-electron chi connectivity index (χ2n) is 11.5. The smallest absolute Gasteiger partial charge is 0.332 e. The highest BCUT2D eigenvalue weighted by Gasteiger charge is 2.50. The number of imidazole rings is 1. The molecule has 1 atom stereocenters. The Bertz CT molecular complexity index is 1690. The van der Waals surface area contributed by atoms with Crippen LogP contribution >= 0.6 is 11.6 Å². The van der Waals surface area contributed by atoms with Gasteiger partial charge in [0.25, 0.3) is 0 Å². The third kappa shape index (κ3) is 4.57. The Morgan fingerprint density at radius 2 is 1.85 bits per heavy atom. The lowest BCUT2D eigenvalue weighted by Crippen LogP contribution is -2.63. The maximum atomic E-state index is 12.4. The first-order chi connectivity index (χ1) is 19.6. The summed E-state index contributed by atoms with van der Waals surface area (Å²) < 4.78 is 2.99. The van der Waals surface area contributed by atoms with Gasteiger partial charge in [-0.1, -0.05) is 17.7 Å². The Kier molecular flexibility index (Phi) is 6.82. The van der Waals surface area contributed by atoms with E-state index in [0.29, 0.717) is 28.0 Å². The zero-order chi connectivity index (χ0) is 29.1. The molecule has 0 saturated carbocycles. The van der Waals surface area contributed by atoms with Crippen molar-refractivity contribution in [1.29, 1.82) is 0 Å². The summed E-state index contributed by atoms with van der Waals surface area (Å²) in [6.45, 7) is 9.52. The Labute approximate surface area is 245 Å². The van der Waals surface area contributed by atoms with Gasteiger partial charge in [0.05, 0.1) is 16.4 Å². The average molecular weight is 574 g/mol. The number of aryl methyl sites for hydroxylation is 2. The van der Waals surface area contributed by atoms with Gasteiger partial charge in [-0.2, -0.15) is 0 Å². The summed E-state index contributed by atoms with van der Waals surface area (Å²) >= 11 is 6.65. The van der Waals surface area contributed by atoms with Crippen LogP contribution in [0.1, 0.15) is 32.4 Å². The molecule has 0 bridgehead atoms. The van der Waals surface area contributed by atoms with Crippen LogP contribution in [0.15, 0.2) is 53.7 Å². The van der Waals surface area contributed by atoms with E-state index >= 15 is 0 Å². The van der Waals surface area contributed by atoms with Crippen LogP contribution in [-0.4, -0.2) is 67.4 Å². The SMILES string of the molecule is CNc1ncc(-c2nc(C)cc(-c3ccc(-n4ccn(C)c4=O)c(Cl)c3)c2O)cc1N1CCC2(CCN2C(C)C)C1. The average Bonchev–Trinajstić information content (AvgIpc) is 3.54. The van der Waals surface area contributed by atoms with E-state index in [-0.39, 0.29) is 17.0 Å². The Hall–Kier alpha value is -3.82. The van der Waals surface area contributed by atoms with E-state index < -0.39 is 0 Å². The van der Waals surface area contributed by atoms with E-state index in [2.05, 4.69) is 35.0 Å². The standard InChI is InChI=1S/C31H36ClN7O2/c1-19(2)39-11-9-31(39)8-10-37(18-31)26-16-22(17-34-29(26)33-4)27-28(40)23(14-20(3)35-27)21-6-7-25(24(32)15-21)38-13-12-36(5)30(38)41/h6-7,12-17,19,40H,8-11,18H2,1-5H3,(H,33,34). The number of hydrogen-bond donors (Lipinski definition) is 2. The predicted molar refractivity (Wildman–Crippen MR) is 164 cm³/mol. The number of pyridine rings is 2. The van der Waals surface area contributed by atoms with E-state index in [1.165, 1.54) is 15.6 Å². The van der Waals surface area contributed by atoms with E-state index in [9.17, 15) is 9.90 Å². The highest BCUT2D eigenvalue weighted by atomic mass is 35.5. The van der Waals surface area contributed by atoms with Crippen molar-refractivity contribution < 1.29 is 5.11 Å². The lowest BCUT2D eigenvalue weighted by Gasteiger charge is -2.53. The van der Waals surface area contributed by atoms with Crippen LogP contribution in [0.2, 0.25) is 5.02 Å². The molecule has 3 aromatic heterocycles. The molecule has 41 heavy (non-hydrogen) atoms. The summed E-state index contributed by atoms with van der Waals surface area (Å²) in [7, 11) is 3.58. The third-order valence-electron chi connectivity index (χ3n) is 8.69. The highest BCUT2D eigenvalue weighted by Crippen LogP contribution is 2.45. The Balaban J connectivity index is 1.37. The molecule has 1 unspecified atom stereocenters. The number of rotatable bonds is 6. The van der Waals surface area contributed by atoms with Crippen molar-refractivity contribution in [1.82, 2.24) is 24.0 Å². The number of likely N-dealkylation sites (tertiary alicyclic amines) is 1. The molecule has 0 radical (unpaired) electrons. The minimum Gasteiger partial charge on any atom is -0.505 e. The van der Waals surface area contributed by atoms with E-state index in [1.807, 2.05) is 26.1 Å². The first kappa shape index (κ1) is 27.4. The fourth-order valence-corrected chi connectivity index (χ4v) is 6.76. The molecule has 0 amide bonds. The summed E-state index contributed by atoms with van der Waals surface area (Å²) in [5.74, 6) is 0.872. The number of anilines is 2. The third-order valence-corrected chi connectivity index (χ3v) is 8.99. The van der Waals surface area contributed by atoms with Gasteiger partial charge >= 0.3 is 5.69 Å². The molecule has 1 aromatic carbocycles. The van der Waals surface area contributed by atoms with Crippen molar-refractivity contribution in [2.45, 2.75) is 45.2 Å². The molecule has 1 spiro atoms. The van der Waals surface area contributed by atoms with Gasteiger partial charge in [0.1, 0.15) is 17.3 Å². The molecule has 2 saturated heterocycles. The van der Waals surface area contributed by atoms with Gasteiger partial charge < -0.3 is 19.9 Å². The lowest BCUT2D eigenvalue weighted by atomic mass is 9.82. The first-order valence-electron chi connectivity index (χ1n) is 14.1. The Morgan fingerprint density at radius 1 is 1.07 bits per heavy atom. The summed E-state index contributed by atoms with van der Waals surface area (Å²) in [5.41, 5.74) is 4.95. The van der Waals surface area contributed by atoms with Crippen LogP contribution in [0.25, 0.3) is 28.1 Å². The summed E-state index contributed by atoms with van der Waals surface area (Å²) in [4.78, 5) is 26.9. The minimum atomic E-state index is -0.184. The quantitative estimate of drug-likeness (QED) is 0.333. The molecule has 2 fully saturated rings. The molecule has 2 N–H and O–H groups in total. The van der Waals surface area contributed by atoms with Gasteiger partial charge in [-0.25, -0.2) is 14.8 Å².